The Morgan fingerprint density at radius 1 is 1.25 bits per heavy atom. The van der Waals surface area contributed by atoms with Crippen LogP contribution < -0.4 is 10.5 Å². The average Bonchev–Trinajstić information content (AvgIpc) is 2.64. The van der Waals surface area contributed by atoms with Crippen LogP contribution in [0.4, 0.5) is 5.95 Å². The summed E-state index contributed by atoms with van der Waals surface area (Å²) in [5.74, 6) is 3.20. The van der Waals surface area contributed by atoms with Gasteiger partial charge >= 0.3 is 0 Å². The van der Waals surface area contributed by atoms with Crippen LogP contribution in [0.5, 0.6) is 0 Å². The maximum atomic E-state index is 12.6. The molecule has 2 fully saturated rings. The second-order valence-corrected chi connectivity index (χ2v) is 7.74. The van der Waals surface area contributed by atoms with E-state index >= 15 is 0 Å². The molecular formula is C17H26N4O2S. The number of nitrogens with one attached hydrogen (secondary N) is 1. The van der Waals surface area contributed by atoms with E-state index in [0.29, 0.717) is 17.4 Å². The lowest BCUT2D eigenvalue weighted by molar-refractivity contribution is -0.135. The number of nitrogens with zero attached hydrogens (tertiary/aromatic N) is 3. The number of aromatic amines is 1. The molecule has 24 heavy (non-hydrogen) atoms. The lowest BCUT2D eigenvalue weighted by Gasteiger charge is -2.35. The van der Waals surface area contributed by atoms with Crippen molar-refractivity contribution in [3.8, 4) is 0 Å². The molecule has 6 nitrogen and oxygen atoms in total. The van der Waals surface area contributed by atoms with Crippen LogP contribution in [0, 0.1) is 12.8 Å². The summed E-state index contributed by atoms with van der Waals surface area (Å²) >= 11 is 1.92. The molecule has 1 aromatic rings. The quantitative estimate of drug-likeness (QED) is 0.893. The highest BCUT2D eigenvalue weighted by atomic mass is 32.2. The predicted octanol–water partition coefficient (Wildman–Crippen LogP) is 1.43. The van der Waals surface area contributed by atoms with Crippen molar-refractivity contribution in [2.45, 2.75) is 33.1 Å². The van der Waals surface area contributed by atoms with Crippen molar-refractivity contribution < 1.29 is 4.79 Å². The van der Waals surface area contributed by atoms with E-state index in [1.54, 1.807) is 0 Å². The fourth-order valence-corrected chi connectivity index (χ4v) is 4.34. The van der Waals surface area contributed by atoms with Crippen LogP contribution in [0.15, 0.2) is 4.79 Å². The molecule has 1 amide bonds. The van der Waals surface area contributed by atoms with Gasteiger partial charge in [0, 0.05) is 49.2 Å². The van der Waals surface area contributed by atoms with E-state index in [9.17, 15) is 9.59 Å². The number of H-pyrrole nitrogens is 1. The first-order valence-electron chi connectivity index (χ1n) is 8.81. The third-order valence-electron chi connectivity index (χ3n) is 5.04. The zero-order valence-corrected chi connectivity index (χ0v) is 15.3. The van der Waals surface area contributed by atoms with Crippen molar-refractivity contribution in [3.63, 3.8) is 0 Å². The monoisotopic (exact) mass is 350 g/mol. The van der Waals surface area contributed by atoms with Crippen LogP contribution >= 0.6 is 11.8 Å². The molecule has 3 rings (SSSR count). The van der Waals surface area contributed by atoms with Crippen molar-refractivity contribution in [2.24, 2.45) is 5.92 Å². The Kier molecular flexibility index (Phi) is 5.48. The lowest BCUT2D eigenvalue weighted by atomic mass is 9.95. The van der Waals surface area contributed by atoms with E-state index in [1.165, 1.54) is 0 Å². The smallest absolute Gasteiger partial charge is 0.255 e. The zero-order chi connectivity index (χ0) is 17.1. The van der Waals surface area contributed by atoms with E-state index in [2.05, 4.69) is 14.9 Å². The van der Waals surface area contributed by atoms with Gasteiger partial charge in [0.1, 0.15) is 0 Å². The Morgan fingerprint density at radius 3 is 2.54 bits per heavy atom. The molecular weight excluding hydrogens is 324 g/mol. The summed E-state index contributed by atoms with van der Waals surface area (Å²) in [7, 11) is 0. The molecule has 2 aliphatic rings. The number of piperidine rings is 1. The van der Waals surface area contributed by atoms with Crippen molar-refractivity contribution >= 4 is 23.6 Å². The van der Waals surface area contributed by atoms with Crippen molar-refractivity contribution in [1.29, 1.82) is 0 Å². The Morgan fingerprint density at radius 2 is 1.92 bits per heavy atom. The van der Waals surface area contributed by atoms with Gasteiger partial charge < -0.3 is 9.80 Å². The molecule has 2 aliphatic heterocycles. The highest BCUT2D eigenvalue weighted by molar-refractivity contribution is 7.99. The summed E-state index contributed by atoms with van der Waals surface area (Å²) in [6, 6.07) is 0. The molecule has 0 unspecified atom stereocenters. The van der Waals surface area contributed by atoms with Gasteiger partial charge in [-0.15, -0.1) is 0 Å². The minimum atomic E-state index is -0.0548. The number of thioether (sulfide) groups is 1. The summed E-state index contributed by atoms with van der Waals surface area (Å²) in [5, 5.41) is 0. The number of carbonyl (C=O) groups excluding carboxylic acids is 1. The van der Waals surface area contributed by atoms with E-state index in [0.717, 1.165) is 62.6 Å². The number of hydrogen-bond acceptors (Lipinski definition) is 5. The van der Waals surface area contributed by atoms with Crippen LogP contribution in [0.2, 0.25) is 0 Å². The molecule has 0 aliphatic carbocycles. The first-order valence-corrected chi connectivity index (χ1v) is 9.97. The van der Waals surface area contributed by atoms with E-state index < -0.39 is 0 Å². The number of anilines is 1. The molecule has 0 bridgehead atoms. The fraction of sp³-hybridized carbons (Fsp3) is 0.706. The number of rotatable bonds is 3. The van der Waals surface area contributed by atoms with Gasteiger partial charge in [-0.2, -0.15) is 11.8 Å². The second kappa shape index (κ2) is 7.59. The third kappa shape index (κ3) is 3.61. The van der Waals surface area contributed by atoms with Crippen molar-refractivity contribution in [1.82, 2.24) is 14.9 Å². The summed E-state index contributed by atoms with van der Waals surface area (Å²) in [5.41, 5.74) is 1.51. The van der Waals surface area contributed by atoms with Crippen LogP contribution in [0.3, 0.4) is 0 Å². The first-order chi connectivity index (χ1) is 11.6. The van der Waals surface area contributed by atoms with Crippen LogP contribution in [-0.4, -0.2) is 58.5 Å². The van der Waals surface area contributed by atoms with Gasteiger partial charge in [-0.25, -0.2) is 4.98 Å². The Labute approximate surface area is 147 Å². The number of amides is 1. The van der Waals surface area contributed by atoms with Gasteiger partial charge in [-0.1, -0.05) is 6.92 Å². The minimum absolute atomic E-state index is 0.0548. The van der Waals surface area contributed by atoms with Crippen LogP contribution in [-0.2, 0) is 11.2 Å². The van der Waals surface area contributed by atoms with Gasteiger partial charge in [0.2, 0.25) is 11.9 Å². The molecule has 0 spiro atoms. The standard InChI is InChI=1S/C17H26N4O2S/c1-3-14-12(2)15(22)19-17(18-14)21-6-4-13(5-7-21)16(23)20-8-10-24-11-9-20/h13H,3-11H2,1-2H3,(H,18,19,22). The molecule has 1 N–H and O–H groups in total. The molecule has 132 valence electrons. The molecule has 3 heterocycles. The predicted molar refractivity (Wildman–Crippen MR) is 97.8 cm³/mol. The zero-order valence-electron chi connectivity index (χ0n) is 14.5. The van der Waals surface area contributed by atoms with E-state index in [1.807, 2.05) is 30.5 Å². The molecule has 1 aromatic heterocycles. The SMILES string of the molecule is CCc1nc(N2CCC(C(=O)N3CCSCC3)CC2)[nH]c(=O)c1C. The van der Waals surface area contributed by atoms with Crippen LogP contribution in [0.25, 0.3) is 0 Å². The minimum Gasteiger partial charge on any atom is -0.342 e. The summed E-state index contributed by atoms with van der Waals surface area (Å²) in [6.07, 6.45) is 2.42. The number of aryl methyl sites for hydroxylation is 1. The lowest BCUT2D eigenvalue weighted by Crippen LogP contribution is -2.46. The number of aromatic nitrogens is 2. The topological polar surface area (TPSA) is 69.3 Å². The Balaban J connectivity index is 1.63. The number of carbonyl (C=O) groups is 1. The Hall–Kier alpha value is -1.50. The average molecular weight is 350 g/mol. The summed E-state index contributed by atoms with van der Waals surface area (Å²) in [6.45, 7) is 7.14. The van der Waals surface area contributed by atoms with Crippen molar-refractivity contribution in [2.75, 3.05) is 42.6 Å². The molecule has 0 radical (unpaired) electrons. The highest BCUT2D eigenvalue weighted by Crippen LogP contribution is 2.23. The van der Waals surface area contributed by atoms with E-state index in [4.69, 9.17) is 0 Å². The maximum absolute atomic E-state index is 12.6. The van der Waals surface area contributed by atoms with Gasteiger partial charge in [-0.05, 0) is 26.2 Å². The largest absolute Gasteiger partial charge is 0.342 e. The highest BCUT2D eigenvalue weighted by Gasteiger charge is 2.30. The van der Waals surface area contributed by atoms with Gasteiger partial charge in [-0.3, -0.25) is 14.6 Å². The second-order valence-electron chi connectivity index (χ2n) is 6.51. The number of hydrogen-bond donors (Lipinski definition) is 1. The molecule has 0 atom stereocenters. The molecule has 2 saturated heterocycles. The first kappa shape index (κ1) is 17.3. The maximum Gasteiger partial charge on any atom is 0.255 e. The molecule has 0 aromatic carbocycles. The third-order valence-corrected chi connectivity index (χ3v) is 5.98. The fourth-order valence-electron chi connectivity index (χ4n) is 3.44. The normalized spacial score (nSPS) is 19.6. The van der Waals surface area contributed by atoms with Gasteiger partial charge in [0.05, 0.1) is 5.69 Å². The summed E-state index contributed by atoms with van der Waals surface area (Å²) < 4.78 is 0. The molecule has 0 saturated carbocycles. The Bertz CT molecular complexity index is 646. The van der Waals surface area contributed by atoms with Gasteiger partial charge in [0.25, 0.3) is 5.56 Å². The molecule has 7 heteroatoms. The summed E-state index contributed by atoms with van der Waals surface area (Å²) in [4.78, 5) is 36.3. The van der Waals surface area contributed by atoms with E-state index in [-0.39, 0.29) is 11.5 Å². The van der Waals surface area contributed by atoms with Crippen LogP contribution in [0.1, 0.15) is 31.0 Å². The van der Waals surface area contributed by atoms with Gasteiger partial charge in [0.15, 0.2) is 0 Å². The van der Waals surface area contributed by atoms with Crippen molar-refractivity contribution in [3.05, 3.63) is 21.6 Å².